The molecule has 1 aliphatic rings. The van der Waals surface area contributed by atoms with Gasteiger partial charge in [0, 0.05) is 13.1 Å². The van der Waals surface area contributed by atoms with Gasteiger partial charge in [-0.1, -0.05) is 30.3 Å². The molecule has 4 N–H and O–H groups in total. The van der Waals surface area contributed by atoms with E-state index in [0.717, 1.165) is 31.0 Å². The standard InChI is InChI=1S/C13H16N4/c14-10(6-9-4-2-1-3-5-9)13-16-11-7-15-8-12(11)17-13/h1-5,10,15H,6-8,14H2,(H,16,17). The summed E-state index contributed by atoms with van der Waals surface area (Å²) >= 11 is 0. The Labute approximate surface area is 100 Å². The number of aromatic nitrogens is 2. The molecular weight excluding hydrogens is 212 g/mol. The minimum atomic E-state index is -0.0528. The molecule has 4 heteroatoms. The molecule has 1 aromatic carbocycles. The molecule has 3 rings (SSSR count). The third kappa shape index (κ3) is 2.09. The summed E-state index contributed by atoms with van der Waals surface area (Å²) in [7, 11) is 0. The van der Waals surface area contributed by atoms with Gasteiger partial charge in [-0.15, -0.1) is 0 Å². The zero-order valence-electron chi connectivity index (χ0n) is 9.61. The van der Waals surface area contributed by atoms with Crippen LogP contribution in [0.4, 0.5) is 0 Å². The first-order valence-corrected chi connectivity index (χ1v) is 5.91. The maximum atomic E-state index is 6.17. The first-order chi connectivity index (χ1) is 8.33. The summed E-state index contributed by atoms with van der Waals surface area (Å²) < 4.78 is 0. The highest BCUT2D eigenvalue weighted by atomic mass is 15.1. The molecule has 2 aromatic rings. The number of H-pyrrole nitrogens is 1. The van der Waals surface area contributed by atoms with Crippen molar-refractivity contribution in [2.24, 2.45) is 5.73 Å². The van der Waals surface area contributed by atoms with Crippen LogP contribution >= 0.6 is 0 Å². The van der Waals surface area contributed by atoms with Gasteiger partial charge in [0.2, 0.25) is 0 Å². The summed E-state index contributed by atoms with van der Waals surface area (Å²) in [6.07, 6.45) is 0.820. The maximum absolute atomic E-state index is 6.17. The van der Waals surface area contributed by atoms with Crippen molar-refractivity contribution in [2.75, 3.05) is 0 Å². The number of nitrogens with two attached hydrogens (primary N) is 1. The highest BCUT2D eigenvalue weighted by molar-refractivity contribution is 5.22. The van der Waals surface area contributed by atoms with Gasteiger partial charge in [-0.25, -0.2) is 4.98 Å². The van der Waals surface area contributed by atoms with Gasteiger partial charge in [0.05, 0.1) is 17.4 Å². The Morgan fingerprint density at radius 3 is 2.82 bits per heavy atom. The van der Waals surface area contributed by atoms with E-state index in [1.165, 1.54) is 11.3 Å². The maximum Gasteiger partial charge on any atom is 0.124 e. The molecule has 4 nitrogen and oxygen atoms in total. The Morgan fingerprint density at radius 1 is 1.24 bits per heavy atom. The number of nitrogens with one attached hydrogen (secondary N) is 2. The van der Waals surface area contributed by atoms with E-state index in [0.29, 0.717) is 0 Å². The second kappa shape index (κ2) is 4.31. The van der Waals surface area contributed by atoms with Crippen LogP contribution in [0.15, 0.2) is 30.3 Å². The van der Waals surface area contributed by atoms with E-state index in [4.69, 9.17) is 5.73 Å². The Bertz CT molecular complexity index is 482. The number of rotatable bonds is 3. The quantitative estimate of drug-likeness (QED) is 0.740. The highest BCUT2D eigenvalue weighted by Crippen LogP contribution is 2.18. The van der Waals surface area contributed by atoms with Crippen LogP contribution in [-0.4, -0.2) is 9.97 Å². The van der Waals surface area contributed by atoms with Crippen LogP contribution < -0.4 is 11.1 Å². The third-order valence-electron chi connectivity index (χ3n) is 3.13. The van der Waals surface area contributed by atoms with E-state index in [2.05, 4.69) is 27.4 Å². The monoisotopic (exact) mass is 228 g/mol. The molecule has 2 heterocycles. The average molecular weight is 228 g/mol. The predicted octanol–water partition coefficient (Wildman–Crippen LogP) is 1.26. The van der Waals surface area contributed by atoms with Gasteiger partial charge in [-0.3, -0.25) is 0 Å². The van der Waals surface area contributed by atoms with Gasteiger partial charge in [0.25, 0.3) is 0 Å². The molecule has 1 atom stereocenters. The van der Waals surface area contributed by atoms with Crippen LogP contribution in [0.3, 0.4) is 0 Å². The normalized spacial score (nSPS) is 15.8. The molecule has 0 saturated carbocycles. The first-order valence-electron chi connectivity index (χ1n) is 5.91. The average Bonchev–Trinajstić information content (AvgIpc) is 2.90. The summed E-state index contributed by atoms with van der Waals surface area (Å²) in [6.45, 7) is 1.73. The zero-order chi connectivity index (χ0) is 11.7. The van der Waals surface area contributed by atoms with Crippen LogP contribution in [0.5, 0.6) is 0 Å². The molecule has 0 fully saturated rings. The molecule has 1 aromatic heterocycles. The lowest BCUT2D eigenvalue weighted by Crippen LogP contribution is -2.16. The second-order valence-electron chi connectivity index (χ2n) is 4.45. The number of nitrogens with zero attached hydrogens (tertiary/aromatic N) is 1. The van der Waals surface area contributed by atoms with Gasteiger partial charge >= 0.3 is 0 Å². The van der Waals surface area contributed by atoms with Gasteiger partial charge in [-0.2, -0.15) is 0 Å². The molecule has 1 aliphatic heterocycles. The first kappa shape index (κ1) is 10.5. The number of hydrogen-bond acceptors (Lipinski definition) is 3. The molecule has 1 unspecified atom stereocenters. The van der Waals surface area contributed by atoms with E-state index in [1.807, 2.05) is 18.2 Å². The molecule has 0 spiro atoms. The Morgan fingerprint density at radius 2 is 2.06 bits per heavy atom. The topological polar surface area (TPSA) is 66.7 Å². The lowest BCUT2D eigenvalue weighted by Gasteiger charge is -2.09. The van der Waals surface area contributed by atoms with Gasteiger partial charge in [0.15, 0.2) is 0 Å². The minimum Gasteiger partial charge on any atom is -0.343 e. The summed E-state index contributed by atoms with van der Waals surface area (Å²) in [6, 6.07) is 10.2. The second-order valence-corrected chi connectivity index (χ2v) is 4.45. The van der Waals surface area contributed by atoms with Gasteiger partial charge in [0.1, 0.15) is 5.82 Å². The van der Waals surface area contributed by atoms with Crippen molar-refractivity contribution in [3.05, 3.63) is 53.1 Å². The fraction of sp³-hybridized carbons (Fsp3) is 0.308. The Kier molecular flexibility index (Phi) is 2.66. The lowest BCUT2D eigenvalue weighted by molar-refractivity contribution is 0.657. The van der Waals surface area contributed by atoms with Gasteiger partial charge < -0.3 is 16.0 Å². The van der Waals surface area contributed by atoms with E-state index >= 15 is 0 Å². The molecule has 0 saturated heterocycles. The van der Waals surface area contributed by atoms with Crippen molar-refractivity contribution in [3.63, 3.8) is 0 Å². The van der Waals surface area contributed by atoms with Crippen LogP contribution in [0.1, 0.15) is 28.8 Å². The van der Waals surface area contributed by atoms with Crippen molar-refractivity contribution < 1.29 is 0 Å². The van der Waals surface area contributed by atoms with E-state index in [9.17, 15) is 0 Å². The number of aromatic amines is 1. The number of hydrogen-bond donors (Lipinski definition) is 3. The van der Waals surface area contributed by atoms with Crippen molar-refractivity contribution >= 4 is 0 Å². The number of fused-ring (bicyclic) bond motifs is 1. The molecule has 0 aliphatic carbocycles. The summed E-state index contributed by atoms with van der Waals surface area (Å²) in [5.41, 5.74) is 9.72. The lowest BCUT2D eigenvalue weighted by atomic mass is 10.1. The minimum absolute atomic E-state index is 0.0528. The molecule has 17 heavy (non-hydrogen) atoms. The smallest absolute Gasteiger partial charge is 0.124 e. The summed E-state index contributed by atoms with van der Waals surface area (Å²) in [5.74, 6) is 0.903. The fourth-order valence-electron chi connectivity index (χ4n) is 2.21. The molecule has 88 valence electrons. The largest absolute Gasteiger partial charge is 0.343 e. The Balaban J connectivity index is 1.75. The summed E-state index contributed by atoms with van der Waals surface area (Å²) in [4.78, 5) is 7.86. The van der Waals surface area contributed by atoms with Crippen molar-refractivity contribution in [2.45, 2.75) is 25.6 Å². The van der Waals surface area contributed by atoms with Crippen LogP contribution in [0, 0.1) is 0 Å². The van der Waals surface area contributed by atoms with Gasteiger partial charge in [-0.05, 0) is 12.0 Å². The predicted molar refractivity (Wildman–Crippen MR) is 66.2 cm³/mol. The van der Waals surface area contributed by atoms with E-state index < -0.39 is 0 Å². The number of imidazole rings is 1. The van der Waals surface area contributed by atoms with Crippen LogP contribution in [0.2, 0.25) is 0 Å². The molecule has 0 amide bonds. The number of benzene rings is 1. The molecule has 0 radical (unpaired) electrons. The van der Waals surface area contributed by atoms with Crippen molar-refractivity contribution in [1.82, 2.24) is 15.3 Å². The SMILES string of the molecule is NC(Cc1ccccc1)c1nc2c([nH]1)CNC2. The zero-order valence-corrected chi connectivity index (χ0v) is 9.61. The van der Waals surface area contributed by atoms with Crippen LogP contribution in [0.25, 0.3) is 0 Å². The fourth-order valence-corrected chi connectivity index (χ4v) is 2.21. The molecule has 0 bridgehead atoms. The van der Waals surface area contributed by atoms with Crippen molar-refractivity contribution in [3.8, 4) is 0 Å². The molecular formula is C13H16N4. The van der Waals surface area contributed by atoms with Crippen LogP contribution in [-0.2, 0) is 19.5 Å². The van der Waals surface area contributed by atoms with E-state index in [-0.39, 0.29) is 6.04 Å². The van der Waals surface area contributed by atoms with E-state index in [1.54, 1.807) is 0 Å². The highest BCUT2D eigenvalue weighted by Gasteiger charge is 2.18. The van der Waals surface area contributed by atoms with Crippen molar-refractivity contribution in [1.29, 1.82) is 0 Å². The Hall–Kier alpha value is -1.65. The third-order valence-corrected chi connectivity index (χ3v) is 3.13. The summed E-state index contributed by atoms with van der Waals surface area (Å²) in [5, 5.41) is 3.25.